The molecule has 0 bridgehead atoms. The van der Waals surface area contributed by atoms with E-state index in [4.69, 9.17) is 5.11 Å². The molecule has 0 radical (unpaired) electrons. The summed E-state index contributed by atoms with van der Waals surface area (Å²) in [6, 6.07) is 4.42. The maximum atomic E-state index is 13.4. The highest BCUT2D eigenvalue weighted by molar-refractivity contribution is 9.10. The Morgan fingerprint density at radius 3 is 3.00 bits per heavy atom. The number of aliphatic hydroxyl groups excluding tert-OH is 1. The molecule has 1 N–H and O–H groups in total. The zero-order valence-electron chi connectivity index (χ0n) is 9.90. The molecule has 0 aromatic heterocycles. The van der Waals surface area contributed by atoms with E-state index in [-0.39, 0.29) is 12.5 Å². The van der Waals surface area contributed by atoms with Gasteiger partial charge in [0.2, 0.25) is 0 Å². The largest absolute Gasteiger partial charge is 0.396 e. The van der Waals surface area contributed by atoms with Crippen LogP contribution in [0, 0.1) is 11.7 Å². The lowest BCUT2D eigenvalue weighted by Crippen LogP contribution is -2.28. The quantitative estimate of drug-likeness (QED) is 0.930. The minimum atomic E-state index is -0.424. The lowest BCUT2D eigenvalue weighted by Gasteiger charge is -2.16. The first-order chi connectivity index (χ1) is 8.61. The van der Waals surface area contributed by atoms with Gasteiger partial charge in [0, 0.05) is 25.3 Å². The molecule has 1 aromatic rings. The van der Waals surface area contributed by atoms with Gasteiger partial charge in [-0.1, -0.05) is 0 Å². The van der Waals surface area contributed by atoms with Gasteiger partial charge in [-0.05, 0) is 52.9 Å². The molecule has 1 fully saturated rings. The smallest absolute Gasteiger partial charge is 0.253 e. The number of aliphatic hydroxyl groups is 1. The van der Waals surface area contributed by atoms with Gasteiger partial charge in [-0.25, -0.2) is 4.39 Å². The number of carbonyl (C=O) groups excluding carboxylic acids is 1. The summed E-state index contributed by atoms with van der Waals surface area (Å²) in [7, 11) is 0. The van der Waals surface area contributed by atoms with Crippen molar-refractivity contribution < 1.29 is 14.3 Å². The molecule has 1 atom stereocenters. The maximum Gasteiger partial charge on any atom is 0.253 e. The average Bonchev–Trinajstić information content (AvgIpc) is 2.81. The van der Waals surface area contributed by atoms with Crippen LogP contribution < -0.4 is 0 Å². The van der Waals surface area contributed by atoms with Crippen LogP contribution in [0.2, 0.25) is 0 Å². The molecule has 0 saturated carbocycles. The highest BCUT2D eigenvalue weighted by atomic mass is 79.9. The first-order valence-electron chi connectivity index (χ1n) is 5.97. The van der Waals surface area contributed by atoms with E-state index in [0.29, 0.717) is 29.0 Å². The number of halogens is 2. The predicted molar refractivity (Wildman–Crippen MR) is 69.8 cm³/mol. The summed E-state index contributed by atoms with van der Waals surface area (Å²) in [5, 5.41) is 8.88. The topological polar surface area (TPSA) is 40.5 Å². The van der Waals surface area contributed by atoms with Crippen LogP contribution >= 0.6 is 15.9 Å². The average molecular weight is 316 g/mol. The van der Waals surface area contributed by atoms with Gasteiger partial charge < -0.3 is 10.0 Å². The molecule has 1 unspecified atom stereocenters. The van der Waals surface area contributed by atoms with Crippen LogP contribution in [0.3, 0.4) is 0 Å². The van der Waals surface area contributed by atoms with Crippen LogP contribution in [0.25, 0.3) is 0 Å². The predicted octanol–water partition coefficient (Wildman–Crippen LogP) is 2.43. The van der Waals surface area contributed by atoms with E-state index < -0.39 is 5.82 Å². The number of rotatable bonds is 3. The van der Waals surface area contributed by atoms with Crippen molar-refractivity contribution in [2.24, 2.45) is 5.92 Å². The molecule has 1 aliphatic heterocycles. The Balaban J connectivity index is 2.05. The van der Waals surface area contributed by atoms with Crippen molar-refractivity contribution in [1.82, 2.24) is 4.90 Å². The van der Waals surface area contributed by atoms with Crippen LogP contribution in [0.1, 0.15) is 23.2 Å². The van der Waals surface area contributed by atoms with E-state index in [1.165, 1.54) is 6.07 Å². The van der Waals surface area contributed by atoms with E-state index in [1.807, 2.05) is 0 Å². The summed E-state index contributed by atoms with van der Waals surface area (Å²) < 4.78 is 13.7. The van der Waals surface area contributed by atoms with Gasteiger partial charge in [0.25, 0.3) is 5.91 Å². The zero-order chi connectivity index (χ0) is 13.1. The summed E-state index contributed by atoms with van der Waals surface area (Å²) in [6.45, 7) is 1.48. The number of likely N-dealkylation sites (tertiary alicyclic amines) is 1. The number of amides is 1. The molecule has 1 aliphatic rings. The van der Waals surface area contributed by atoms with E-state index in [2.05, 4.69) is 15.9 Å². The highest BCUT2D eigenvalue weighted by Gasteiger charge is 2.26. The maximum absolute atomic E-state index is 13.4. The van der Waals surface area contributed by atoms with Crippen LogP contribution in [-0.2, 0) is 0 Å². The van der Waals surface area contributed by atoms with Crippen molar-refractivity contribution in [2.75, 3.05) is 19.7 Å². The fourth-order valence-corrected chi connectivity index (χ4v) is 2.49. The third kappa shape index (κ3) is 2.90. The van der Waals surface area contributed by atoms with Gasteiger partial charge in [0.15, 0.2) is 0 Å². The minimum Gasteiger partial charge on any atom is -0.396 e. The molecule has 98 valence electrons. The van der Waals surface area contributed by atoms with Crippen molar-refractivity contribution in [3.63, 3.8) is 0 Å². The van der Waals surface area contributed by atoms with Gasteiger partial charge >= 0.3 is 0 Å². The molecule has 2 rings (SSSR count). The summed E-state index contributed by atoms with van der Waals surface area (Å²) in [6.07, 6.45) is 1.63. The standard InChI is InChI=1S/C13H15BrFNO2/c14-11-2-1-10(7-12(11)15)13(18)16-5-3-9(8-16)4-6-17/h1-2,7,9,17H,3-6,8H2. The van der Waals surface area contributed by atoms with Crippen molar-refractivity contribution >= 4 is 21.8 Å². The third-order valence-electron chi connectivity index (χ3n) is 3.28. The zero-order valence-corrected chi connectivity index (χ0v) is 11.5. The number of benzene rings is 1. The lowest BCUT2D eigenvalue weighted by molar-refractivity contribution is 0.0784. The number of hydrogen-bond acceptors (Lipinski definition) is 2. The van der Waals surface area contributed by atoms with Gasteiger partial charge in [-0.15, -0.1) is 0 Å². The Morgan fingerprint density at radius 1 is 1.56 bits per heavy atom. The van der Waals surface area contributed by atoms with E-state index in [0.717, 1.165) is 12.8 Å². The Labute approximate surface area is 114 Å². The van der Waals surface area contributed by atoms with Crippen molar-refractivity contribution in [3.8, 4) is 0 Å². The van der Waals surface area contributed by atoms with Crippen LogP contribution in [-0.4, -0.2) is 35.6 Å². The second-order valence-electron chi connectivity index (χ2n) is 4.55. The fraction of sp³-hybridized carbons (Fsp3) is 0.462. The van der Waals surface area contributed by atoms with Crippen LogP contribution in [0.5, 0.6) is 0 Å². The SMILES string of the molecule is O=C(c1ccc(Br)c(F)c1)N1CCC(CCO)C1. The molecular formula is C13H15BrFNO2. The third-order valence-corrected chi connectivity index (χ3v) is 3.92. The van der Waals surface area contributed by atoms with Crippen molar-refractivity contribution in [3.05, 3.63) is 34.1 Å². The molecule has 18 heavy (non-hydrogen) atoms. The van der Waals surface area contributed by atoms with Crippen molar-refractivity contribution in [1.29, 1.82) is 0 Å². The molecule has 1 amide bonds. The van der Waals surface area contributed by atoms with Gasteiger partial charge in [0.05, 0.1) is 4.47 Å². The number of nitrogens with zero attached hydrogens (tertiary/aromatic N) is 1. The molecule has 1 saturated heterocycles. The highest BCUT2D eigenvalue weighted by Crippen LogP contribution is 2.23. The summed E-state index contributed by atoms with van der Waals surface area (Å²) >= 11 is 3.06. The second-order valence-corrected chi connectivity index (χ2v) is 5.40. The van der Waals surface area contributed by atoms with Crippen LogP contribution in [0.15, 0.2) is 22.7 Å². The normalized spacial score (nSPS) is 19.3. The first-order valence-corrected chi connectivity index (χ1v) is 6.76. The summed E-state index contributed by atoms with van der Waals surface area (Å²) in [5.41, 5.74) is 0.375. The fourth-order valence-electron chi connectivity index (χ4n) is 2.25. The molecule has 1 heterocycles. The molecule has 0 spiro atoms. The van der Waals surface area contributed by atoms with E-state index in [1.54, 1.807) is 17.0 Å². The molecule has 3 nitrogen and oxygen atoms in total. The molecule has 0 aliphatic carbocycles. The van der Waals surface area contributed by atoms with E-state index >= 15 is 0 Å². The summed E-state index contributed by atoms with van der Waals surface area (Å²) in [5.74, 6) is -0.201. The number of carbonyl (C=O) groups is 1. The van der Waals surface area contributed by atoms with Gasteiger partial charge in [0.1, 0.15) is 5.82 Å². The van der Waals surface area contributed by atoms with Gasteiger partial charge in [-0.2, -0.15) is 0 Å². The first kappa shape index (κ1) is 13.5. The number of hydrogen-bond donors (Lipinski definition) is 1. The Morgan fingerprint density at radius 2 is 2.33 bits per heavy atom. The molecule has 1 aromatic carbocycles. The minimum absolute atomic E-state index is 0.137. The van der Waals surface area contributed by atoms with Crippen LogP contribution in [0.4, 0.5) is 4.39 Å². The Bertz CT molecular complexity index is 453. The van der Waals surface area contributed by atoms with Crippen molar-refractivity contribution in [2.45, 2.75) is 12.8 Å². The summed E-state index contributed by atoms with van der Waals surface area (Å²) in [4.78, 5) is 13.9. The Hall–Kier alpha value is -0.940. The lowest BCUT2D eigenvalue weighted by atomic mass is 10.1. The van der Waals surface area contributed by atoms with E-state index in [9.17, 15) is 9.18 Å². The Kier molecular flexibility index (Phi) is 4.35. The molecular weight excluding hydrogens is 301 g/mol. The van der Waals surface area contributed by atoms with Gasteiger partial charge in [-0.3, -0.25) is 4.79 Å². The monoisotopic (exact) mass is 315 g/mol. The second kappa shape index (κ2) is 5.80. The molecule has 5 heteroatoms.